The highest BCUT2D eigenvalue weighted by molar-refractivity contribution is 5.95. The molecular formula is C28H25FN4O. The second kappa shape index (κ2) is 8.31. The van der Waals surface area contributed by atoms with Crippen molar-refractivity contribution >= 4 is 16.6 Å². The maximum atomic E-state index is 14.7. The van der Waals surface area contributed by atoms with E-state index < -0.39 is 0 Å². The normalized spacial score (nSPS) is 16.4. The van der Waals surface area contributed by atoms with Crippen LogP contribution in [0.5, 0.6) is 0 Å². The number of halogens is 1. The molecule has 1 fully saturated rings. The number of aryl methyl sites for hydroxylation is 2. The first-order valence-electron chi connectivity index (χ1n) is 11.5. The van der Waals surface area contributed by atoms with Crippen LogP contribution < -0.4 is 5.32 Å². The van der Waals surface area contributed by atoms with Crippen molar-refractivity contribution in [3.63, 3.8) is 0 Å². The van der Waals surface area contributed by atoms with Crippen LogP contribution in [0.1, 0.15) is 22.9 Å². The van der Waals surface area contributed by atoms with E-state index in [4.69, 9.17) is 4.74 Å². The van der Waals surface area contributed by atoms with Crippen LogP contribution in [0.25, 0.3) is 38.9 Å². The summed E-state index contributed by atoms with van der Waals surface area (Å²) in [4.78, 5) is 9.12. The van der Waals surface area contributed by atoms with Gasteiger partial charge >= 0.3 is 0 Å². The van der Waals surface area contributed by atoms with Gasteiger partial charge in [0.05, 0.1) is 31.1 Å². The van der Waals surface area contributed by atoms with Gasteiger partial charge in [0.15, 0.2) is 0 Å². The van der Waals surface area contributed by atoms with Crippen molar-refractivity contribution in [1.82, 2.24) is 19.7 Å². The van der Waals surface area contributed by atoms with Gasteiger partial charge in [-0.25, -0.2) is 9.37 Å². The van der Waals surface area contributed by atoms with E-state index in [9.17, 15) is 4.39 Å². The minimum absolute atomic E-state index is 0.243. The van der Waals surface area contributed by atoms with Crippen LogP contribution in [0, 0.1) is 19.7 Å². The summed E-state index contributed by atoms with van der Waals surface area (Å²) in [7, 11) is 0. The fourth-order valence-electron chi connectivity index (χ4n) is 4.81. The standard InChI is InChI=1S/C28H25FN4O/c1-17-11-23-22(13-18(2)32-28(23)24(29)12-17)26-15-31-27-14-21(7-9-33(26)27)19-3-5-20(6-4-19)25-16-34-10-8-30-25/h3-7,9,11-15,25,30H,8,10,16H2,1-2H3. The number of imidazole rings is 1. The molecule has 170 valence electrons. The average molecular weight is 453 g/mol. The van der Waals surface area contributed by atoms with Crippen molar-refractivity contribution in [2.24, 2.45) is 0 Å². The van der Waals surface area contributed by atoms with Crippen LogP contribution in [-0.4, -0.2) is 34.1 Å². The topological polar surface area (TPSA) is 51.5 Å². The van der Waals surface area contributed by atoms with E-state index in [-0.39, 0.29) is 11.9 Å². The number of nitrogens with zero attached hydrogens (tertiary/aromatic N) is 3. The van der Waals surface area contributed by atoms with E-state index in [1.54, 1.807) is 0 Å². The molecule has 1 aliphatic heterocycles. The summed E-state index contributed by atoms with van der Waals surface area (Å²) in [6.07, 6.45) is 3.89. The Morgan fingerprint density at radius 2 is 1.88 bits per heavy atom. The summed E-state index contributed by atoms with van der Waals surface area (Å²) in [6.45, 7) is 6.14. The van der Waals surface area contributed by atoms with Crippen LogP contribution in [0.4, 0.5) is 4.39 Å². The molecule has 6 heteroatoms. The first-order chi connectivity index (χ1) is 16.6. The summed E-state index contributed by atoms with van der Waals surface area (Å²) in [5.41, 5.74) is 8.19. The molecule has 1 N–H and O–H groups in total. The highest BCUT2D eigenvalue weighted by Gasteiger charge is 2.16. The Labute approximate surface area is 197 Å². The number of hydrogen-bond donors (Lipinski definition) is 1. The molecule has 5 nitrogen and oxygen atoms in total. The molecule has 3 aromatic heterocycles. The monoisotopic (exact) mass is 452 g/mol. The van der Waals surface area contributed by atoms with Crippen LogP contribution in [0.15, 0.2) is 67.0 Å². The van der Waals surface area contributed by atoms with E-state index in [1.165, 1.54) is 11.6 Å². The van der Waals surface area contributed by atoms with Crippen molar-refractivity contribution in [2.75, 3.05) is 19.8 Å². The van der Waals surface area contributed by atoms with Gasteiger partial charge in [0, 0.05) is 29.4 Å². The van der Waals surface area contributed by atoms with Crippen molar-refractivity contribution in [1.29, 1.82) is 0 Å². The first kappa shape index (κ1) is 21.0. The van der Waals surface area contributed by atoms with Crippen molar-refractivity contribution < 1.29 is 9.13 Å². The maximum absolute atomic E-state index is 14.7. The largest absolute Gasteiger partial charge is 0.378 e. The Bertz CT molecular complexity index is 1520. The Morgan fingerprint density at radius 1 is 1.03 bits per heavy atom. The predicted octanol–water partition coefficient (Wildman–Crippen LogP) is 5.63. The Hall–Kier alpha value is -3.61. The highest BCUT2D eigenvalue weighted by atomic mass is 19.1. The average Bonchev–Trinajstić information content (AvgIpc) is 3.28. The molecule has 5 aromatic rings. The predicted molar refractivity (Wildman–Crippen MR) is 132 cm³/mol. The minimum atomic E-state index is -0.297. The maximum Gasteiger partial charge on any atom is 0.149 e. The molecule has 2 aromatic carbocycles. The SMILES string of the molecule is Cc1cc(F)c2nc(C)cc(-c3cnc4cc(-c5ccc(C6COCCN6)cc5)ccn34)c2c1. The number of fused-ring (bicyclic) bond motifs is 2. The van der Waals surface area contributed by atoms with Gasteiger partial charge in [-0.3, -0.25) is 9.38 Å². The van der Waals surface area contributed by atoms with E-state index in [0.717, 1.165) is 57.8 Å². The molecule has 34 heavy (non-hydrogen) atoms. The fraction of sp³-hybridized carbons (Fsp3) is 0.214. The van der Waals surface area contributed by atoms with Crippen LogP contribution in [-0.2, 0) is 4.74 Å². The highest BCUT2D eigenvalue weighted by Crippen LogP contribution is 2.32. The van der Waals surface area contributed by atoms with Crippen LogP contribution in [0.3, 0.4) is 0 Å². The molecule has 0 amide bonds. The van der Waals surface area contributed by atoms with Gasteiger partial charge in [0.1, 0.15) is 17.0 Å². The second-order valence-electron chi connectivity index (χ2n) is 8.94. The molecule has 4 heterocycles. The molecule has 6 rings (SSSR count). The molecule has 0 bridgehead atoms. The summed E-state index contributed by atoms with van der Waals surface area (Å²) in [6, 6.07) is 18.5. The van der Waals surface area contributed by atoms with E-state index in [2.05, 4.69) is 56.1 Å². The molecule has 1 saturated heterocycles. The van der Waals surface area contributed by atoms with E-state index in [1.807, 2.05) is 38.4 Å². The molecule has 1 atom stereocenters. The number of rotatable bonds is 3. The molecule has 0 spiro atoms. The lowest BCUT2D eigenvalue weighted by atomic mass is 10.0. The number of aromatic nitrogens is 3. The van der Waals surface area contributed by atoms with Gasteiger partial charge < -0.3 is 10.1 Å². The van der Waals surface area contributed by atoms with Gasteiger partial charge in [0.2, 0.25) is 0 Å². The third-order valence-electron chi connectivity index (χ3n) is 6.50. The number of hydrogen-bond acceptors (Lipinski definition) is 4. The van der Waals surface area contributed by atoms with Gasteiger partial charge in [-0.1, -0.05) is 24.3 Å². The van der Waals surface area contributed by atoms with Gasteiger partial charge in [-0.2, -0.15) is 0 Å². The summed E-state index contributed by atoms with van der Waals surface area (Å²) < 4.78 is 22.3. The van der Waals surface area contributed by atoms with Crippen LogP contribution >= 0.6 is 0 Å². The zero-order chi connectivity index (χ0) is 23.2. The third-order valence-corrected chi connectivity index (χ3v) is 6.50. The quantitative estimate of drug-likeness (QED) is 0.385. The number of nitrogens with one attached hydrogen (secondary N) is 1. The Morgan fingerprint density at radius 3 is 2.68 bits per heavy atom. The van der Waals surface area contributed by atoms with E-state index >= 15 is 0 Å². The molecular weight excluding hydrogens is 427 g/mol. The summed E-state index contributed by atoms with van der Waals surface area (Å²) in [5.74, 6) is -0.297. The molecule has 0 aliphatic carbocycles. The molecule has 1 unspecified atom stereocenters. The van der Waals surface area contributed by atoms with Gasteiger partial charge in [-0.15, -0.1) is 0 Å². The lowest BCUT2D eigenvalue weighted by Gasteiger charge is -2.24. The second-order valence-corrected chi connectivity index (χ2v) is 8.94. The van der Waals surface area contributed by atoms with Crippen LogP contribution in [0.2, 0.25) is 0 Å². The molecule has 1 aliphatic rings. The minimum Gasteiger partial charge on any atom is -0.378 e. The number of pyridine rings is 2. The Kier molecular flexibility index (Phi) is 5.12. The zero-order valence-corrected chi connectivity index (χ0v) is 19.2. The smallest absolute Gasteiger partial charge is 0.149 e. The number of ether oxygens (including phenoxy) is 1. The summed E-state index contributed by atoms with van der Waals surface area (Å²) in [5, 5.41) is 4.29. The van der Waals surface area contributed by atoms with Crippen molar-refractivity contribution in [3.05, 3.63) is 89.6 Å². The fourth-order valence-corrected chi connectivity index (χ4v) is 4.81. The van der Waals surface area contributed by atoms with Crippen molar-refractivity contribution in [2.45, 2.75) is 19.9 Å². The van der Waals surface area contributed by atoms with E-state index in [0.29, 0.717) is 12.1 Å². The van der Waals surface area contributed by atoms with Gasteiger partial charge in [0.25, 0.3) is 0 Å². The van der Waals surface area contributed by atoms with Crippen molar-refractivity contribution in [3.8, 4) is 22.4 Å². The third kappa shape index (κ3) is 3.65. The zero-order valence-electron chi connectivity index (χ0n) is 19.2. The number of morpholine rings is 1. The Balaban J connectivity index is 1.39. The first-order valence-corrected chi connectivity index (χ1v) is 11.5. The van der Waals surface area contributed by atoms with Gasteiger partial charge in [-0.05, 0) is 66.4 Å². The lowest BCUT2D eigenvalue weighted by molar-refractivity contribution is 0.0769. The molecule has 0 radical (unpaired) electrons. The lowest BCUT2D eigenvalue weighted by Crippen LogP contribution is -2.34. The summed E-state index contributed by atoms with van der Waals surface area (Å²) >= 11 is 0. The molecule has 0 saturated carbocycles. The number of benzene rings is 2.